The van der Waals surface area contributed by atoms with E-state index in [-0.39, 0.29) is 15.9 Å². The maximum absolute atomic E-state index is 13.3. The van der Waals surface area contributed by atoms with Crippen molar-refractivity contribution in [3.05, 3.63) is 71.9 Å². The molecular weight excluding hydrogens is 389 g/mol. The van der Waals surface area contributed by atoms with Gasteiger partial charge in [-0.25, -0.2) is 12.8 Å². The maximum Gasteiger partial charge on any atom is 0.271 e. The van der Waals surface area contributed by atoms with Gasteiger partial charge in [0, 0.05) is 16.6 Å². The molecule has 0 fully saturated rings. The van der Waals surface area contributed by atoms with Gasteiger partial charge in [0.15, 0.2) is 0 Å². The van der Waals surface area contributed by atoms with E-state index in [0.717, 1.165) is 11.3 Å². The number of halogens is 1. The highest BCUT2D eigenvalue weighted by atomic mass is 32.2. The molecule has 0 bridgehead atoms. The zero-order valence-corrected chi connectivity index (χ0v) is 15.3. The minimum atomic E-state index is -3.72. The summed E-state index contributed by atoms with van der Waals surface area (Å²) in [6.45, 7) is 0. The molecule has 0 saturated carbocycles. The van der Waals surface area contributed by atoms with Crippen LogP contribution in [0.15, 0.2) is 74.8 Å². The average molecular weight is 401 g/mol. The van der Waals surface area contributed by atoms with E-state index in [1.54, 1.807) is 47.8 Å². The van der Waals surface area contributed by atoms with Crippen molar-refractivity contribution in [3.63, 3.8) is 0 Å². The minimum absolute atomic E-state index is 0.117. The van der Waals surface area contributed by atoms with Crippen molar-refractivity contribution >= 4 is 27.0 Å². The normalized spacial score (nSPS) is 11.4. The number of sulfonamides is 1. The van der Waals surface area contributed by atoms with Gasteiger partial charge in [-0.2, -0.15) is 4.98 Å². The first-order valence-corrected chi connectivity index (χ1v) is 10.1. The number of thiophene rings is 1. The number of nitrogens with zero attached hydrogens (tertiary/aromatic N) is 2. The smallest absolute Gasteiger partial charge is 0.271 e. The maximum atomic E-state index is 13.3. The Hall–Kier alpha value is -3.04. The molecular formula is C18H12FN3O3S2. The number of rotatable bonds is 5. The van der Waals surface area contributed by atoms with Gasteiger partial charge in [0.2, 0.25) is 5.82 Å². The second-order valence-electron chi connectivity index (χ2n) is 5.56. The molecule has 4 aromatic rings. The molecule has 0 aliphatic carbocycles. The third-order valence-electron chi connectivity index (χ3n) is 3.62. The predicted molar refractivity (Wildman–Crippen MR) is 100 cm³/mol. The van der Waals surface area contributed by atoms with Gasteiger partial charge < -0.3 is 4.52 Å². The van der Waals surface area contributed by atoms with Gasteiger partial charge in [0.05, 0.1) is 5.56 Å². The van der Waals surface area contributed by atoms with Crippen LogP contribution in [0.5, 0.6) is 0 Å². The number of hydrogen-bond acceptors (Lipinski definition) is 6. The Morgan fingerprint density at radius 3 is 2.59 bits per heavy atom. The van der Waals surface area contributed by atoms with Gasteiger partial charge in [-0.05, 0) is 30.3 Å². The number of anilines is 1. The minimum Gasteiger partial charge on any atom is -0.334 e. The summed E-state index contributed by atoms with van der Waals surface area (Å²) in [4.78, 5) is 4.22. The lowest BCUT2D eigenvalue weighted by molar-refractivity contribution is 0.432. The molecule has 1 N–H and O–H groups in total. The van der Waals surface area contributed by atoms with Crippen molar-refractivity contribution in [2.45, 2.75) is 4.21 Å². The van der Waals surface area contributed by atoms with Crippen molar-refractivity contribution in [1.29, 1.82) is 0 Å². The molecule has 136 valence electrons. The second kappa shape index (κ2) is 6.93. The molecule has 2 heterocycles. The molecule has 0 amide bonds. The van der Waals surface area contributed by atoms with E-state index in [1.807, 2.05) is 0 Å². The van der Waals surface area contributed by atoms with Crippen molar-refractivity contribution < 1.29 is 17.3 Å². The zero-order valence-electron chi connectivity index (χ0n) is 13.7. The third kappa shape index (κ3) is 3.74. The number of para-hydroxylation sites is 1. The van der Waals surface area contributed by atoms with E-state index in [0.29, 0.717) is 16.8 Å². The van der Waals surface area contributed by atoms with Crippen molar-refractivity contribution in [2.24, 2.45) is 0 Å². The summed E-state index contributed by atoms with van der Waals surface area (Å²) in [5.41, 5.74) is 1.42. The predicted octanol–water partition coefficient (Wildman–Crippen LogP) is 4.41. The van der Waals surface area contributed by atoms with Gasteiger partial charge in [-0.3, -0.25) is 4.72 Å². The molecule has 0 radical (unpaired) electrons. The lowest BCUT2D eigenvalue weighted by atomic mass is 10.2. The van der Waals surface area contributed by atoms with Gasteiger partial charge in [-0.15, -0.1) is 11.3 Å². The van der Waals surface area contributed by atoms with Gasteiger partial charge >= 0.3 is 0 Å². The highest BCUT2D eigenvalue weighted by Gasteiger charge is 2.20. The molecule has 0 unspecified atom stereocenters. The third-order valence-corrected chi connectivity index (χ3v) is 6.44. The SMILES string of the molecule is O=S(=O)(Nc1ccccc1)c1cc(-c2nc(-c3cccc(F)c3)no2)cs1. The standard InChI is InChI=1S/C18H12FN3O3S2/c19-14-6-4-5-12(9-14)17-20-18(25-21-17)13-10-16(26-11-13)27(23,24)22-15-7-2-1-3-8-15/h1-11,22H. The molecule has 9 heteroatoms. The molecule has 6 nitrogen and oxygen atoms in total. The summed E-state index contributed by atoms with van der Waals surface area (Å²) < 4.78 is 46.2. The van der Waals surface area contributed by atoms with E-state index < -0.39 is 15.8 Å². The van der Waals surface area contributed by atoms with Crippen LogP contribution >= 0.6 is 11.3 Å². The van der Waals surface area contributed by atoms with Crippen molar-refractivity contribution in [2.75, 3.05) is 4.72 Å². The molecule has 27 heavy (non-hydrogen) atoms. The fraction of sp³-hybridized carbons (Fsp3) is 0. The molecule has 0 atom stereocenters. The Morgan fingerprint density at radius 1 is 1.00 bits per heavy atom. The summed E-state index contributed by atoms with van der Waals surface area (Å²) in [5, 5.41) is 5.44. The first kappa shape index (κ1) is 17.4. The fourth-order valence-electron chi connectivity index (χ4n) is 2.37. The quantitative estimate of drug-likeness (QED) is 0.536. The van der Waals surface area contributed by atoms with E-state index >= 15 is 0 Å². The zero-order chi connectivity index (χ0) is 18.9. The fourth-order valence-corrected chi connectivity index (χ4v) is 4.58. The summed E-state index contributed by atoms with van der Waals surface area (Å²) in [7, 11) is -3.72. The Morgan fingerprint density at radius 2 is 1.81 bits per heavy atom. The number of nitrogens with one attached hydrogen (secondary N) is 1. The van der Waals surface area contributed by atoms with Crippen LogP contribution in [0.2, 0.25) is 0 Å². The second-order valence-corrected chi connectivity index (χ2v) is 8.38. The van der Waals surface area contributed by atoms with Gasteiger partial charge in [0.1, 0.15) is 10.0 Å². The van der Waals surface area contributed by atoms with E-state index in [1.165, 1.54) is 18.2 Å². The molecule has 2 aromatic carbocycles. The number of hydrogen-bond donors (Lipinski definition) is 1. The Bertz CT molecular complexity index is 1190. The molecule has 0 aliphatic heterocycles. The van der Waals surface area contributed by atoms with Crippen LogP contribution in [-0.4, -0.2) is 18.6 Å². The monoisotopic (exact) mass is 401 g/mol. The summed E-state index contributed by atoms with van der Waals surface area (Å²) in [5.74, 6) is -0.0241. The van der Waals surface area contributed by atoms with Crippen LogP contribution < -0.4 is 4.72 Å². The lowest BCUT2D eigenvalue weighted by Crippen LogP contribution is -2.11. The number of aromatic nitrogens is 2. The van der Waals surface area contributed by atoms with Crippen molar-refractivity contribution in [1.82, 2.24) is 10.1 Å². The first-order chi connectivity index (χ1) is 13.0. The van der Waals surface area contributed by atoms with Crippen LogP contribution in [-0.2, 0) is 10.0 Å². The van der Waals surface area contributed by atoms with Gasteiger partial charge in [0.25, 0.3) is 15.9 Å². The van der Waals surface area contributed by atoms with Crippen LogP contribution in [0.4, 0.5) is 10.1 Å². The van der Waals surface area contributed by atoms with Crippen LogP contribution in [0.1, 0.15) is 0 Å². The first-order valence-electron chi connectivity index (χ1n) is 7.78. The summed E-state index contributed by atoms with van der Waals surface area (Å²) in [6, 6.07) is 15.9. The Kier molecular flexibility index (Phi) is 4.46. The van der Waals surface area contributed by atoms with E-state index in [4.69, 9.17) is 4.52 Å². The number of benzene rings is 2. The Labute approximate surface area is 158 Å². The summed E-state index contributed by atoms with van der Waals surface area (Å²) >= 11 is 1.04. The molecule has 0 aliphatic rings. The van der Waals surface area contributed by atoms with Gasteiger partial charge in [-0.1, -0.05) is 35.5 Å². The highest BCUT2D eigenvalue weighted by molar-refractivity contribution is 7.94. The topological polar surface area (TPSA) is 85.1 Å². The van der Waals surface area contributed by atoms with Crippen molar-refractivity contribution in [3.8, 4) is 22.8 Å². The van der Waals surface area contributed by atoms with Crippen LogP contribution in [0.25, 0.3) is 22.8 Å². The lowest BCUT2D eigenvalue weighted by Gasteiger charge is -2.05. The largest absolute Gasteiger partial charge is 0.334 e. The summed E-state index contributed by atoms with van der Waals surface area (Å²) in [6.07, 6.45) is 0. The van der Waals surface area contributed by atoms with Crippen LogP contribution in [0, 0.1) is 5.82 Å². The molecule has 0 spiro atoms. The van der Waals surface area contributed by atoms with E-state index in [9.17, 15) is 12.8 Å². The molecule has 0 saturated heterocycles. The average Bonchev–Trinajstić information content (AvgIpc) is 3.32. The highest BCUT2D eigenvalue weighted by Crippen LogP contribution is 2.30. The van der Waals surface area contributed by atoms with E-state index in [2.05, 4.69) is 14.9 Å². The van der Waals surface area contributed by atoms with Crippen LogP contribution in [0.3, 0.4) is 0 Å². The Balaban J connectivity index is 1.60. The molecule has 2 aromatic heterocycles. The molecule has 4 rings (SSSR count).